The Labute approximate surface area is 151 Å². The van der Waals surface area contributed by atoms with Crippen LogP contribution in [0.25, 0.3) is 11.6 Å². The van der Waals surface area contributed by atoms with Gasteiger partial charge < -0.3 is 9.32 Å². The first-order valence-electron chi connectivity index (χ1n) is 8.86. The van der Waals surface area contributed by atoms with E-state index < -0.39 is 0 Å². The fraction of sp³-hybridized carbons (Fsp3) is 0.300. The van der Waals surface area contributed by atoms with Gasteiger partial charge in [0.2, 0.25) is 11.8 Å². The molecule has 0 N–H and O–H groups in total. The summed E-state index contributed by atoms with van der Waals surface area (Å²) in [5.41, 5.74) is 1.73. The van der Waals surface area contributed by atoms with Crippen molar-refractivity contribution in [3.05, 3.63) is 66.2 Å². The second kappa shape index (κ2) is 7.47. The van der Waals surface area contributed by atoms with Gasteiger partial charge in [-0.05, 0) is 30.5 Å². The zero-order chi connectivity index (χ0) is 17.8. The summed E-state index contributed by atoms with van der Waals surface area (Å²) in [5, 5.41) is 8.31. The summed E-state index contributed by atoms with van der Waals surface area (Å²) >= 11 is 0. The van der Waals surface area contributed by atoms with E-state index in [4.69, 9.17) is 4.42 Å². The molecule has 0 aliphatic carbocycles. The van der Waals surface area contributed by atoms with Crippen LogP contribution in [0, 0.1) is 0 Å². The van der Waals surface area contributed by atoms with E-state index in [0.717, 1.165) is 31.5 Å². The van der Waals surface area contributed by atoms with Crippen LogP contribution in [0.1, 0.15) is 30.2 Å². The zero-order valence-electron chi connectivity index (χ0n) is 14.4. The SMILES string of the molecule is O=C(Cc1ccccc1)N1CCC(c2nnc(-c3ccccn3)o2)CC1. The summed E-state index contributed by atoms with van der Waals surface area (Å²) in [6.45, 7) is 1.44. The third kappa shape index (κ3) is 3.64. The number of nitrogens with zero attached hydrogens (tertiary/aromatic N) is 4. The molecular formula is C20H20N4O2. The van der Waals surface area contributed by atoms with E-state index in [1.807, 2.05) is 53.4 Å². The summed E-state index contributed by atoms with van der Waals surface area (Å²) in [6.07, 6.45) is 3.83. The van der Waals surface area contributed by atoms with E-state index in [1.165, 1.54) is 0 Å². The van der Waals surface area contributed by atoms with E-state index in [9.17, 15) is 4.79 Å². The van der Waals surface area contributed by atoms with E-state index in [1.54, 1.807) is 6.20 Å². The lowest BCUT2D eigenvalue weighted by molar-refractivity contribution is -0.131. The molecule has 3 aromatic rings. The molecule has 26 heavy (non-hydrogen) atoms. The largest absolute Gasteiger partial charge is 0.419 e. The average Bonchev–Trinajstić information content (AvgIpc) is 3.20. The Bertz CT molecular complexity index is 856. The van der Waals surface area contributed by atoms with Crippen LogP contribution in [0.4, 0.5) is 0 Å². The Balaban J connectivity index is 1.35. The standard InChI is InChI=1S/C20H20N4O2/c25-18(14-15-6-2-1-3-7-15)24-12-9-16(10-13-24)19-22-23-20(26-19)17-8-4-5-11-21-17/h1-8,11,16H,9-10,12-14H2. The number of carbonyl (C=O) groups excluding carboxylic acids is 1. The highest BCUT2D eigenvalue weighted by atomic mass is 16.4. The van der Waals surface area contributed by atoms with Gasteiger partial charge >= 0.3 is 0 Å². The third-order valence-corrected chi connectivity index (χ3v) is 4.72. The number of hydrogen-bond acceptors (Lipinski definition) is 5. The van der Waals surface area contributed by atoms with E-state index >= 15 is 0 Å². The van der Waals surface area contributed by atoms with Crippen molar-refractivity contribution in [2.24, 2.45) is 0 Å². The summed E-state index contributed by atoms with van der Waals surface area (Å²) in [7, 11) is 0. The van der Waals surface area contributed by atoms with Crippen LogP contribution >= 0.6 is 0 Å². The van der Waals surface area contributed by atoms with Gasteiger partial charge in [-0.1, -0.05) is 36.4 Å². The van der Waals surface area contributed by atoms with E-state index in [-0.39, 0.29) is 11.8 Å². The predicted molar refractivity (Wildman–Crippen MR) is 96.2 cm³/mol. The molecule has 0 saturated carbocycles. The molecule has 1 saturated heterocycles. The lowest BCUT2D eigenvalue weighted by Crippen LogP contribution is -2.38. The van der Waals surface area contributed by atoms with Gasteiger partial charge in [0.25, 0.3) is 5.89 Å². The number of benzene rings is 1. The molecule has 132 valence electrons. The molecule has 0 unspecified atom stereocenters. The predicted octanol–water partition coefficient (Wildman–Crippen LogP) is 3.08. The first-order valence-corrected chi connectivity index (χ1v) is 8.86. The van der Waals surface area contributed by atoms with Gasteiger partial charge in [-0.3, -0.25) is 9.78 Å². The molecule has 1 aliphatic heterocycles. The second-order valence-electron chi connectivity index (χ2n) is 6.48. The molecule has 0 spiro atoms. The Morgan fingerprint density at radius 1 is 1.04 bits per heavy atom. The Morgan fingerprint density at radius 2 is 1.81 bits per heavy atom. The van der Waals surface area contributed by atoms with Crippen LogP contribution < -0.4 is 0 Å². The number of rotatable bonds is 4. The van der Waals surface area contributed by atoms with Gasteiger partial charge in [-0.25, -0.2) is 0 Å². The molecular weight excluding hydrogens is 328 g/mol. The van der Waals surface area contributed by atoms with E-state index in [0.29, 0.717) is 23.9 Å². The lowest BCUT2D eigenvalue weighted by Gasteiger charge is -2.30. The molecule has 1 fully saturated rings. The Hall–Kier alpha value is -3.02. The van der Waals surface area contributed by atoms with Crippen molar-refractivity contribution in [3.63, 3.8) is 0 Å². The van der Waals surface area contributed by atoms with Crippen molar-refractivity contribution in [1.29, 1.82) is 0 Å². The van der Waals surface area contributed by atoms with Gasteiger partial charge in [0.05, 0.1) is 6.42 Å². The van der Waals surface area contributed by atoms with Crippen molar-refractivity contribution in [2.45, 2.75) is 25.2 Å². The van der Waals surface area contributed by atoms with Gasteiger partial charge in [-0.15, -0.1) is 10.2 Å². The van der Waals surface area contributed by atoms with Gasteiger partial charge in [0, 0.05) is 25.2 Å². The molecule has 3 heterocycles. The highest BCUT2D eigenvalue weighted by Gasteiger charge is 2.27. The molecule has 0 radical (unpaired) electrons. The summed E-state index contributed by atoms with van der Waals surface area (Å²) in [6, 6.07) is 15.5. The highest BCUT2D eigenvalue weighted by molar-refractivity contribution is 5.78. The molecule has 2 aromatic heterocycles. The minimum absolute atomic E-state index is 0.175. The van der Waals surface area contributed by atoms with Crippen molar-refractivity contribution in [1.82, 2.24) is 20.1 Å². The number of pyridine rings is 1. The molecule has 6 heteroatoms. The van der Waals surface area contributed by atoms with Crippen molar-refractivity contribution >= 4 is 5.91 Å². The van der Waals surface area contributed by atoms with Gasteiger partial charge in [0.1, 0.15) is 5.69 Å². The second-order valence-corrected chi connectivity index (χ2v) is 6.48. The molecule has 0 atom stereocenters. The summed E-state index contributed by atoms with van der Waals surface area (Å²) in [5.74, 6) is 1.46. The number of likely N-dealkylation sites (tertiary alicyclic amines) is 1. The summed E-state index contributed by atoms with van der Waals surface area (Å²) in [4.78, 5) is 18.6. The van der Waals surface area contributed by atoms with Crippen LogP contribution in [0.2, 0.25) is 0 Å². The number of carbonyl (C=O) groups is 1. The third-order valence-electron chi connectivity index (χ3n) is 4.72. The van der Waals surface area contributed by atoms with Gasteiger partial charge in [0.15, 0.2) is 0 Å². The minimum atomic E-state index is 0.175. The number of piperidine rings is 1. The normalized spacial score (nSPS) is 15.2. The maximum atomic E-state index is 12.5. The average molecular weight is 348 g/mol. The zero-order valence-corrected chi connectivity index (χ0v) is 14.4. The van der Waals surface area contributed by atoms with Crippen LogP contribution in [0.5, 0.6) is 0 Å². The number of hydrogen-bond donors (Lipinski definition) is 0. The van der Waals surface area contributed by atoms with Crippen LogP contribution in [-0.4, -0.2) is 39.1 Å². The maximum absolute atomic E-state index is 12.5. The highest BCUT2D eigenvalue weighted by Crippen LogP contribution is 2.29. The smallest absolute Gasteiger partial charge is 0.266 e. The Morgan fingerprint density at radius 3 is 2.54 bits per heavy atom. The molecule has 1 aromatic carbocycles. The maximum Gasteiger partial charge on any atom is 0.266 e. The number of aromatic nitrogens is 3. The lowest BCUT2D eigenvalue weighted by atomic mass is 9.96. The van der Waals surface area contributed by atoms with Crippen molar-refractivity contribution < 1.29 is 9.21 Å². The quantitative estimate of drug-likeness (QED) is 0.724. The topological polar surface area (TPSA) is 72.1 Å². The van der Waals surface area contributed by atoms with Gasteiger partial charge in [-0.2, -0.15) is 0 Å². The minimum Gasteiger partial charge on any atom is -0.419 e. The first kappa shape index (κ1) is 16.4. The fourth-order valence-corrected chi connectivity index (χ4v) is 3.25. The Kier molecular flexibility index (Phi) is 4.73. The molecule has 4 rings (SSSR count). The molecule has 1 amide bonds. The summed E-state index contributed by atoms with van der Waals surface area (Å²) < 4.78 is 5.81. The van der Waals surface area contributed by atoms with E-state index in [2.05, 4.69) is 15.2 Å². The van der Waals surface area contributed by atoms with Crippen LogP contribution in [0.3, 0.4) is 0 Å². The van der Waals surface area contributed by atoms with Crippen LogP contribution in [0.15, 0.2) is 59.1 Å². The number of amides is 1. The van der Waals surface area contributed by atoms with Crippen molar-refractivity contribution in [3.8, 4) is 11.6 Å². The fourth-order valence-electron chi connectivity index (χ4n) is 3.25. The molecule has 0 bridgehead atoms. The van der Waals surface area contributed by atoms with Crippen molar-refractivity contribution in [2.75, 3.05) is 13.1 Å². The van der Waals surface area contributed by atoms with Crippen LogP contribution in [-0.2, 0) is 11.2 Å². The first-order chi connectivity index (χ1) is 12.8. The molecule has 1 aliphatic rings. The molecule has 6 nitrogen and oxygen atoms in total. The monoisotopic (exact) mass is 348 g/mol.